The summed E-state index contributed by atoms with van der Waals surface area (Å²) in [6.45, 7) is 5.74. The number of carbonyl (C=O) groups is 1. The van der Waals surface area contributed by atoms with E-state index in [4.69, 9.17) is 4.74 Å². The summed E-state index contributed by atoms with van der Waals surface area (Å²) in [5.74, 6) is 1.23. The van der Waals surface area contributed by atoms with Crippen LogP contribution in [0.3, 0.4) is 0 Å². The largest absolute Gasteiger partial charge is 0.376 e. The van der Waals surface area contributed by atoms with Gasteiger partial charge in [-0.2, -0.15) is 0 Å². The quantitative estimate of drug-likeness (QED) is 0.718. The Labute approximate surface area is 158 Å². The van der Waals surface area contributed by atoms with Crippen molar-refractivity contribution in [2.75, 3.05) is 17.7 Å². The van der Waals surface area contributed by atoms with Crippen LogP contribution in [0, 0.1) is 0 Å². The smallest absolute Gasteiger partial charge is 0.234 e. The summed E-state index contributed by atoms with van der Waals surface area (Å²) in [7, 11) is 0. The van der Waals surface area contributed by atoms with Gasteiger partial charge in [-0.3, -0.25) is 4.79 Å². The van der Waals surface area contributed by atoms with Gasteiger partial charge in [0.25, 0.3) is 0 Å². The topological polar surface area (TPSA) is 69.0 Å². The first-order valence-electron chi connectivity index (χ1n) is 9.25. The average Bonchev–Trinajstić information content (AvgIpc) is 3.30. The summed E-state index contributed by atoms with van der Waals surface area (Å²) in [6.07, 6.45) is 4.10. The van der Waals surface area contributed by atoms with Gasteiger partial charge < -0.3 is 14.6 Å². The van der Waals surface area contributed by atoms with Crippen LogP contribution in [0.4, 0.5) is 5.69 Å². The van der Waals surface area contributed by atoms with Crippen LogP contribution in [0.5, 0.6) is 0 Å². The van der Waals surface area contributed by atoms with Crippen LogP contribution < -0.4 is 5.32 Å². The van der Waals surface area contributed by atoms with E-state index in [9.17, 15) is 4.79 Å². The fourth-order valence-electron chi connectivity index (χ4n) is 3.13. The number of hydrogen-bond acceptors (Lipinski definition) is 5. The number of nitrogens with one attached hydrogen (secondary N) is 1. The Bertz CT molecular complexity index is 741. The maximum atomic E-state index is 12.4. The monoisotopic (exact) mass is 374 g/mol. The molecule has 6 nitrogen and oxygen atoms in total. The third-order valence-electron chi connectivity index (χ3n) is 4.52. The minimum Gasteiger partial charge on any atom is -0.376 e. The zero-order valence-electron chi connectivity index (χ0n) is 15.4. The molecule has 1 aliphatic heterocycles. The minimum atomic E-state index is -0.0272. The van der Waals surface area contributed by atoms with E-state index in [1.807, 2.05) is 24.3 Å². The first-order valence-corrected chi connectivity index (χ1v) is 10.2. The molecule has 0 spiro atoms. The average molecular weight is 375 g/mol. The predicted octanol–water partition coefficient (Wildman–Crippen LogP) is 3.31. The molecular weight excluding hydrogens is 348 g/mol. The molecule has 1 saturated heterocycles. The van der Waals surface area contributed by atoms with Gasteiger partial charge in [-0.25, -0.2) is 0 Å². The number of para-hydroxylation sites is 1. The van der Waals surface area contributed by atoms with Crippen molar-refractivity contribution in [1.82, 2.24) is 14.8 Å². The third-order valence-corrected chi connectivity index (χ3v) is 5.49. The highest BCUT2D eigenvalue weighted by atomic mass is 32.2. The van der Waals surface area contributed by atoms with Gasteiger partial charge in [0.2, 0.25) is 5.91 Å². The zero-order chi connectivity index (χ0) is 18.4. The number of benzene rings is 1. The molecule has 2 aromatic rings. The van der Waals surface area contributed by atoms with E-state index in [1.165, 1.54) is 11.8 Å². The summed E-state index contributed by atoms with van der Waals surface area (Å²) >= 11 is 1.43. The SMILES string of the molecule is CCc1ccccc1NC(=O)CSc1nnc(CC)n1CC1CCCO1. The number of rotatable bonds is 8. The molecule has 1 atom stereocenters. The molecule has 2 heterocycles. The van der Waals surface area contributed by atoms with Crippen molar-refractivity contribution in [2.45, 2.75) is 57.3 Å². The van der Waals surface area contributed by atoms with Gasteiger partial charge in [0.05, 0.1) is 18.4 Å². The van der Waals surface area contributed by atoms with Crippen LogP contribution in [0.1, 0.15) is 38.1 Å². The molecule has 0 saturated carbocycles. The van der Waals surface area contributed by atoms with E-state index in [0.29, 0.717) is 5.75 Å². The fraction of sp³-hybridized carbons (Fsp3) is 0.526. The highest BCUT2D eigenvalue weighted by Crippen LogP contribution is 2.22. The second-order valence-corrected chi connectivity index (χ2v) is 7.29. The van der Waals surface area contributed by atoms with Crippen molar-refractivity contribution in [1.29, 1.82) is 0 Å². The number of amides is 1. The van der Waals surface area contributed by atoms with Gasteiger partial charge in [0.1, 0.15) is 5.82 Å². The summed E-state index contributed by atoms with van der Waals surface area (Å²) < 4.78 is 7.85. The molecule has 1 unspecified atom stereocenters. The van der Waals surface area contributed by atoms with Crippen molar-refractivity contribution in [3.8, 4) is 0 Å². The molecule has 26 heavy (non-hydrogen) atoms. The summed E-state index contributed by atoms with van der Waals surface area (Å²) in [5.41, 5.74) is 2.02. The molecule has 3 rings (SSSR count). The summed E-state index contributed by atoms with van der Waals surface area (Å²) in [4.78, 5) is 12.4. The molecule has 0 aliphatic carbocycles. The lowest BCUT2D eigenvalue weighted by molar-refractivity contribution is -0.113. The second kappa shape index (κ2) is 9.19. The number of thioether (sulfide) groups is 1. The van der Waals surface area contributed by atoms with Gasteiger partial charge in [-0.05, 0) is 30.9 Å². The third kappa shape index (κ3) is 4.65. The fourth-order valence-corrected chi connectivity index (χ4v) is 3.90. The number of ether oxygens (including phenoxy) is 1. The van der Waals surface area contributed by atoms with Crippen LogP contribution in [-0.4, -0.2) is 39.1 Å². The van der Waals surface area contributed by atoms with Crippen molar-refractivity contribution < 1.29 is 9.53 Å². The molecular formula is C19H26N4O2S. The lowest BCUT2D eigenvalue weighted by Gasteiger charge is -2.14. The summed E-state index contributed by atoms with van der Waals surface area (Å²) in [6, 6.07) is 7.90. The van der Waals surface area contributed by atoms with Gasteiger partial charge in [-0.1, -0.05) is 43.8 Å². The van der Waals surface area contributed by atoms with E-state index >= 15 is 0 Å². The molecule has 1 N–H and O–H groups in total. The number of aryl methyl sites for hydroxylation is 2. The molecule has 140 valence electrons. The summed E-state index contributed by atoms with van der Waals surface area (Å²) in [5, 5.41) is 12.3. The maximum Gasteiger partial charge on any atom is 0.234 e. The van der Waals surface area contributed by atoms with E-state index in [2.05, 4.69) is 33.9 Å². The molecule has 1 aromatic carbocycles. The molecule has 1 fully saturated rings. The second-order valence-electron chi connectivity index (χ2n) is 6.35. The number of carbonyl (C=O) groups excluding carboxylic acids is 1. The Morgan fingerprint density at radius 2 is 2.15 bits per heavy atom. The van der Waals surface area contributed by atoms with Crippen LogP contribution >= 0.6 is 11.8 Å². The normalized spacial score (nSPS) is 16.8. The number of nitrogens with zero attached hydrogens (tertiary/aromatic N) is 3. The highest BCUT2D eigenvalue weighted by Gasteiger charge is 2.21. The Kier molecular flexibility index (Phi) is 6.68. The number of anilines is 1. The predicted molar refractivity (Wildman–Crippen MR) is 104 cm³/mol. The first-order chi connectivity index (χ1) is 12.7. The number of aromatic nitrogens is 3. The van der Waals surface area contributed by atoms with Crippen LogP contribution in [0.25, 0.3) is 0 Å². The number of hydrogen-bond donors (Lipinski definition) is 1. The Morgan fingerprint density at radius 1 is 1.31 bits per heavy atom. The van der Waals surface area contributed by atoms with Crippen molar-refractivity contribution in [3.63, 3.8) is 0 Å². The van der Waals surface area contributed by atoms with Crippen LogP contribution in [0.15, 0.2) is 29.4 Å². The molecule has 1 amide bonds. The van der Waals surface area contributed by atoms with Gasteiger partial charge in [0, 0.05) is 18.7 Å². The van der Waals surface area contributed by atoms with E-state index < -0.39 is 0 Å². The van der Waals surface area contributed by atoms with Crippen molar-refractivity contribution >= 4 is 23.4 Å². The highest BCUT2D eigenvalue weighted by molar-refractivity contribution is 7.99. The standard InChI is InChI=1S/C19H26N4O2S/c1-3-14-8-5-6-10-16(14)20-18(24)13-26-19-22-21-17(4-2)23(19)12-15-9-7-11-25-15/h5-6,8,10,15H,3-4,7,9,11-13H2,1-2H3,(H,20,24). The van der Waals surface area contributed by atoms with Crippen molar-refractivity contribution in [2.24, 2.45) is 0 Å². The van der Waals surface area contributed by atoms with Crippen molar-refractivity contribution in [3.05, 3.63) is 35.7 Å². The van der Waals surface area contributed by atoms with E-state index in [1.54, 1.807) is 0 Å². The van der Waals surface area contributed by atoms with Gasteiger partial charge in [0.15, 0.2) is 5.16 Å². The molecule has 0 bridgehead atoms. The molecule has 0 radical (unpaired) electrons. The van der Waals surface area contributed by atoms with E-state index in [0.717, 1.165) is 61.1 Å². The van der Waals surface area contributed by atoms with E-state index in [-0.39, 0.29) is 12.0 Å². The lowest BCUT2D eigenvalue weighted by Crippen LogP contribution is -2.19. The Balaban J connectivity index is 1.61. The van der Waals surface area contributed by atoms with Crippen LogP contribution in [0.2, 0.25) is 0 Å². The van der Waals surface area contributed by atoms with Crippen LogP contribution in [-0.2, 0) is 28.9 Å². The Morgan fingerprint density at radius 3 is 2.88 bits per heavy atom. The van der Waals surface area contributed by atoms with Gasteiger partial charge in [-0.15, -0.1) is 10.2 Å². The minimum absolute atomic E-state index is 0.0272. The first kappa shape index (κ1) is 18.9. The Hall–Kier alpha value is -1.86. The molecule has 7 heteroatoms. The lowest BCUT2D eigenvalue weighted by atomic mass is 10.1. The van der Waals surface area contributed by atoms with Gasteiger partial charge >= 0.3 is 0 Å². The zero-order valence-corrected chi connectivity index (χ0v) is 16.2. The molecule has 1 aromatic heterocycles. The maximum absolute atomic E-state index is 12.4. The molecule has 1 aliphatic rings.